The summed E-state index contributed by atoms with van der Waals surface area (Å²) in [6.07, 6.45) is 0. The Kier molecular flexibility index (Phi) is 5.21. The zero-order valence-corrected chi connectivity index (χ0v) is 14.5. The standard InChI is InChI=1S/C14H18BrClN2S/c1-4-19-8-9(2)18-13-7-11(15)5-6-12(13)17-14(18)10(3)16/h5-7,9-10H,4,8H2,1-3H3. The molecule has 2 unspecified atom stereocenters. The number of nitrogens with zero attached hydrogens (tertiary/aromatic N) is 2. The number of benzene rings is 1. The van der Waals surface area contributed by atoms with Crippen molar-refractivity contribution in [3.63, 3.8) is 0 Å². The molecular formula is C14H18BrClN2S. The van der Waals surface area contributed by atoms with E-state index in [0.29, 0.717) is 6.04 Å². The monoisotopic (exact) mass is 360 g/mol. The van der Waals surface area contributed by atoms with E-state index in [1.807, 2.05) is 30.8 Å². The summed E-state index contributed by atoms with van der Waals surface area (Å²) in [6, 6.07) is 6.57. The Bertz CT molecular complexity index is 568. The van der Waals surface area contributed by atoms with Crippen LogP contribution in [0.25, 0.3) is 11.0 Å². The molecule has 0 saturated heterocycles. The van der Waals surface area contributed by atoms with E-state index in [1.54, 1.807) is 0 Å². The first-order chi connectivity index (χ1) is 9.04. The summed E-state index contributed by atoms with van der Waals surface area (Å²) >= 11 is 11.8. The van der Waals surface area contributed by atoms with E-state index in [1.165, 1.54) is 0 Å². The first-order valence-electron chi connectivity index (χ1n) is 6.43. The maximum atomic E-state index is 6.30. The van der Waals surface area contributed by atoms with Gasteiger partial charge in [-0.1, -0.05) is 22.9 Å². The minimum absolute atomic E-state index is 0.0831. The van der Waals surface area contributed by atoms with Crippen molar-refractivity contribution in [3.05, 3.63) is 28.5 Å². The number of halogens is 2. The minimum Gasteiger partial charge on any atom is -0.323 e. The van der Waals surface area contributed by atoms with Crippen LogP contribution in [-0.4, -0.2) is 21.1 Å². The van der Waals surface area contributed by atoms with Gasteiger partial charge >= 0.3 is 0 Å². The van der Waals surface area contributed by atoms with Crippen molar-refractivity contribution in [2.24, 2.45) is 0 Å². The molecule has 0 aliphatic carbocycles. The van der Waals surface area contributed by atoms with E-state index >= 15 is 0 Å². The van der Waals surface area contributed by atoms with E-state index < -0.39 is 0 Å². The summed E-state index contributed by atoms with van der Waals surface area (Å²) in [5.74, 6) is 3.16. The average molecular weight is 362 g/mol. The lowest BCUT2D eigenvalue weighted by Gasteiger charge is -2.18. The van der Waals surface area contributed by atoms with E-state index in [-0.39, 0.29) is 5.38 Å². The Hall–Kier alpha value is -0.190. The molecule has 0 amide bonds. The van der Waals surface area contributed by atoms with Crippen molar-refractivity contribution < 1.29 is 0 Å². The van der Waals surface area contributed by atoms with E-state index in [4.69, 9.17) is 11.6 Å². The number of fused-ring (bicyclic) bond motifs is 1. The van der Waals surface area contributed by atoms with Crippen LogP contribution in [-0.2, 0) is 0 Å². The van der Waals surface area contributed by atoms with Crippen LogP contribution >= 0.6 is 39.3 Å². The van der Waals surface area contributed by atoms with Crippen LogP contribution in [0.5, 0.6) is 0 Å². The van der Waals surface area contributed by atoms with Crippen LogP contribution in [0.1, 0.15) is 38.0 Å². The van der Waals surface area contributed by atoms with Gasteiger partial charge in [0.05, 0.1) is 16.4 Å². The van der Waals surface area contributed by atoms with Gasteiger partial charge in [0, 0.05) is 16.3 Å². The maximum Gasteiger partial charge on any atom is 0.127 e. The molecule has 0 bridgehead atoms. The van der Waals surface area contributed by atoms with E-state index in [9.17, 15) is 0 Å². The molecule has 2 aromatic rings. The summed E-state index contributed by atoms with van der Waals surface area (Å²) in [6.45, 7) is 6.40. The van der Waals surface area contributed by atoms with Gasteiger partial charge in [-0.25, -0.2) is 4.98 Å². The number of hydrogen-bond acceptors (Lipinski definition) is 2. The number of rotatable bonds is 5. The van der Waals surface area contributed by atoms with Gasteiger partial charge in [-0.2, -0.15) is 11.8 Å². The van der Waals surface area contributed by atoms with Gasteiger partial charge in [-0.15, -0.1) is 11.6 Å². The second kappa shape index (κ2) is 6.51. The van der Waals surface area contributed by atoms with Crippen molar-refractivity contribution in [1.29, 1.82) is 0 Å². The van der Waals surface area contributed by atoms with Crippen LogP contribution in [0.15, 0.2) is 22.7 Å². The Morgan fingerprint density at radius 3 is 2.79 bits per heavy atom. The van der Waals surface area contributed by atoms with Crippen LogP contribution in [0.4, 0.5) is 0 Å². The average Bonchev–Trinajstić information content (AvgIpc) is 2.74. The van der Waals surface area contributed by atoms with Gasteiger partial charge in [0.2, 0.25) is 0 Å². The van der Waals surface area contributed by atoms with Crippen molar-refractivity contribution in [3.8, 4) is 0 Å². The summed E-state index contributed by atoms with van der Waals surface area (Å²) < 4.78 is 3.35. The fraction of sp³-hybridized carbons (Fsp3) is 0.500. The fourth-order valence-electron chi connectivity index (χ4n) is 2.19. The Labute approximate surface area is 132 Å². The molecule has 0 aliphatic heterocycles. The van der Waals surface area contributed by atoms with Crippen LogP contribution < -0.4 is 0 Å². The number of imidazole rings is 1. The summed E-state index contributed by atoms with van der Waals surface area (Å²) in [4.78, 5) is 4.68. The van der Waals surface area contributed by atoms with Gasteiger partial charge < -0.3 is 4.57 Å². The normalized spacial score (nSPS) is 14.8. The molecule has 19 heavy (non-hydrogen) atoms. The van der Waals surface area contributed by atoms with E-state index in [2.05, 4.69) is 45.4 Å². The lowest BCUT2D eigenvalue weighted by atomic mass is 10.3. The number of thioether (sulfide) groups is 1. The summed E-state index contributed by atoms with van der Waals surface area (Å²) in [5.41, 5.74) is 2.17. The molecule has 0 aliphatic rings. The van der Waals surface area contributed by atoms with Gasteiger partial charge in [0.15, 0.2) is 0 Å². The molecule has 0 radical (unpaired) electrons. The van der Waals surface area contributed by atoms with Crippen molar-refractivity contribution in [2.75, 3.05) is 11.5 Å². The third-order valence-corrected chi connectivity index (χ3v) is 4.85. The molecular weight excluding hydrogens is 344 g/mol. The fourth-order valence-corrected chi connectivity index (χ4v) is 3.42. The predicted molar refractivity (Wildman–Crippen MR) is 89.4 cm³/mol. The van der Waals surface area contributed by atoms with Gasteiger partial charge in [-0.3, -0.25) is 0 Å². The Morgan fingerprint density at radius 1 is 1.42 bits per heavy atom. The molecule has 0 spiro atoms. The largest absolute Gasteiger partial charge is 0.323 e. The molecule has 5 heteroatoms. The molecule has 1 heterocycles. The molecule has 2 atom stereocenters. The quantitative estimate of drug-likeness (QED) is 0.662. The van der Waals surface area contributed by atoms with Gasteiger partial charge in [0.25, 0.3) is 0 Å². The number of aromatic nitrogens is 2. The number of alkyl halides is 1. The van der Waals surface area contributed by atoms with Crippen LogP contribution in [0.2, 0.25) is 0 Å². The highest BCUT2D eigenvalue weighted by atomic mass is 79.9. The first kappa shape index (κ1) is 15.2. The SMILES string of the molecule is CCSCC(C)n1c(C(C)Cl)nc2ccc(Br)cc21. The van der Waals surface area contributed by atoms with Crippen molar-refractivity contribution >= 4 is 50.3 Å². The first-order valence-corrected chi connectivity index (χ1v) is 8.82. The zero-order valence-electron chi connectivity index (χ0n) is 11.4. The van der Waals surface area contributed by atoms with Crippen molar-refractivity contribution in [2.45, 2.75) is 32.2 Å². The molecule has 1 aromatic heterocycles. The smallest absolute Gasteiger partial charge is 0.127 e. The lowest BCUT2D eigenvalue weighted by molar-refractivity contribution is 0.592. The van der Waals surface area contributed by atoms with Crippen molar-refractivity contribution in [1.82, 2.24) is 9.55 Å². The third-order valence-electron chi connectivity index (χ3n) is 3.04. The van der Waals surface area contributed by atoms with Gasteiger partial charge in [0.1, 0.15) is 5.82 Å². The summed E-state index contributed by atoms with van der Waals surface area (Å²) in [5, 5.41) is -0.0831. The molecule has 0 fully saturated rings. The Balaban J connectivity index is 2.53. The minimum atomic E-state index is -0.0831. The van der Waals surface area contributed by atoms with Gasteiger partial charge in [-0.05, 0) is 37.8 Å². The third kappa shape index (κ3) is 3.29. The molecule has 2 nitrogen and oxygen atoms in total. The zero-order chi connectivity index (χ0) is 14.0. The lowest BCUT2D eigenvalue weighted by Crippen LogP contribution is -2.12. The predicted octanol–water partition coefficient (Wildman–Crippen LogP) is 5.41. The topological polar surface area (TPSA) is 17.8 Å². The highest BCUT2D eigenvalue weighted by molar-refractivity contribution is 9.10. The number of hydrogen-bond donors (Lipinski definition) is 0. The molecule has 0 saturated carbocycles. The molecule has 104 valence electrons. The van der Waals surface area contributed by atoms with Crippen LogP contribution in [0, 0.1) is 0 Å². The molecule has 2 rings (SSSR count). The highest BCUT2D eigenvalue weighted by Crippen LogP contribution is 2.30. The highest BCUT2D eigenvalue weighted by Gasteiger charge is 2.19. The maximum absolute atomic E-state index is 6.30. The van der Waals surface area contributed by atoms with E-state index in [0.717, 1.165) is 32.8 Å². The summed E-state index contributed by atoms with van der Waals surface area (Å²) in [7, 11) is 0. The second-order valence-corrected chi connectivity index (χ2v) is 7.49. The van der Waals surface area contributed by atoms with Crippen LogP contribution in [0.3, 0.4) is 0 Å². The molecule has 1 aromatic carbocycles. The second-order valence-electron chi connectivity index (χ2n) is 4.60. The Morgan fingerprint density at radius 2 is 2.16 bits per heavy atom. The molecule has 0 N–H and O–H groups in total.